The van der Waals surface area contributed by atoms with Gasteiger partial charge in [0.1, 0.15) is 0 Å². The molecule has 24 heavy (non-hydrogen) atoms. The predicted octanol–water partition coefficient (Wildman–Crippen LogP) is 6.80. The monoisotopic (exact) mass is 326 g/mol. The molecule has 0 N–H and O–H groups in total. The van der Waals surface area contributed by atoms with Gasteiger partial charge in [-0.2, -0.15) is 0 Å². The van der Waals surface area contributed by atoms with E-state index in [2.05, 4.69) is 62.4 Å². The van der Waals surface area contributed by atoms with Gasteiger partial charge in [0.25, 0.3) is 0 Å². The van der Waals surface area contributed by atoms with Crippen molar-refractivity contribution in [3.63, 3.8) is 0 Å². The van der Waals surface area contributed by atoms with Gasteiger partial charge in [0, 0.05) is 0 Å². The molecule has 1 aliphatic rings. The highest BCUT2D eigenvalue weighted by atomic mass is 16.5. The molecule has 0 aliphatic heterocycles. The zero-order chi connectivity index (χ0) is 17.0. The Morgan fingerprint density at radius 3 is 2.25 bits per heavy atom. The second-order valence-electron chi connectivity index (χ2n) is 7.02. The van der Waals surface area contributed by atoms with Crippen molar-refractivity contribution in [3.05, 3.63) is 59.7 Å². The first-order valence-corrected chi connectivity index (χ1v) is 9.72. The molecule has 1 heteroatoms. The smallest absolute Gasteiger partial charge is 0.0717 e. The van der Waals surface area contributed by atoms with Crippen molar-refractivity contribution < 1.29 is 4.74 Å². The summed E-state index contributed by atoms with van der Waals surface area (Å²) in [5.74, 6) is 1.72. The van der Waals surface area contributed by atoms with Crippen molar-refractivity contribution >= 4 is 0 Å². The fourth-order valence-corrected chi connectivity index (χ4v) is 3.68. The Bertz CT molecular complexity index is 489. The van der Waals surface area contributed by atoms with Crippen molar-refractivity contribution in [1.82, 2.24) is 0 Å². The maximum atomic E-state index is 5.71. The SMILES string of the molecule is CC=CCCOCc1ccc([C@H]2CC[C@H](CCC=CC)CC2)cc1. The number of rotatable bonds is 9. The molecule has 132 valence electrons. The second kappa shape index (κ2) is 11.3. The summed E-state index contributed by atoms with van der Waals surface area (Å²) in [7, 11) is 0. The Balaban J connectivity index is 1.71. The summed E-state index contributed by atoms with van der Waals surface area (Å²) in [6, 6.07) is 9.16. The van der Waals surface area contributed by atoms with Crippen LogP contribution >= 0.6 is 0 Å². The van der Waals surface area contributed by atoms with E-state index < -0.39 is 0 Å². The lowest BCUT2D eigenvalue weighted by atomic mass is 9.77. The highest BCUT2D eigenvalue weighted by molar-refractivity contribution is 5.25. The zero-order valence-electron chi connectivity index (χ0n) is 15.5. The first-order valence-electron chi connectivity index (χ1n) is 9.72. The summed E-state index contributed by atoms with van der Waals surface area (Å²) in [4.78, 5) is 0. The van der Waals surface area contributed by atoms with Gasteiger partial charge in [0.15, 0.2) is 0 Å². The summed E-state index contributed by atoms with van der Waals surface area (Å²) in [6.45, 7) is 5.71. The molecule has 0 heterocycles. The molecule has 1 aliphatic carbocycles. The molecule has 1 fully saturated rings. The van der Waals surface area contributed by atoms with Crippen molar-refractivity contribution in [2.45, 2.75) is 71.3 Å². The van der Waals surface area contributed by atoms with E-state index in [1.165, 1.54) is 49.7 Å². The second-order valence-corrected chi connectivity index (χ2v) is 7.02. The van der Waals surface area contributed by atoms with Crippen LogP contribution in [-0.4, -0.2) is 6.61 Å². The lowest BCUT2D eigenvalue weighted by Gasteiger charge is -2.28. The van der Waals surface area contributed by atoms with Crippen molar-refractivity contribution in [2.24, 2.45) is 5.92 Å². The highest BCUT2D eigenvalue weighted by Gasteiger charge is 2.21. The lowest BCUT2D eigenvalue weighted by molar-refractivity contribution is 0.125. The van der Waals surface area contributed by atoms with E-state index in [1.54, 1.807) is 0 Å². The molecule has 0 radical (unpaired) electrons. The van der Waals surface area contributed by atoms with Crippen LogP contribution in [0.3, 0.4) is 0 Å². The molecule has 0 bridgehead atoms. The standard InChI is InChI=1S/C23H34O/c1-3-5-7-9-20-10-14-22(15-11-20)23-16-12-21(13-17-23)19-24-18-8-6-4-2/h3-6,12-13,16-17,20,22H,7-11,14-15,18-19H2,1-2H3/t20-,22-. The maximum Gasteiger partial charge on any atom is 0.0717 e. The number of benzene rings is 1. The van der Waals surface area contributed by atoms with Crippen LogP contribution in [0.4, 0.5) is 0 Å². The van der Waals surface area contributed by atoms with Crippen molar-refractivity contribution in [3.8, 4) is 0 Å². The largest absolute Gasteiger partial charge is 0.376 e. The minimum absolute atomic E-state index is 0.732. The summed E-state index contributed by atoms with van der Waals surface area (Å²) < 4.78 is 5.71. The van der Waals surface area contributed by atoms with Gasteiger partial charge in [-0.15, -0.1) is 0 Å². The van der Waals surface area contributed by atoms with Gasteiger partial charge in [-0.25, -0.2) is 0 Å². The minimum atomic E-state index is 0.732. The van der Waals surface area contributed by atoms with E-state index in [0.717, 1.165) is 31.5 Å². The molecule has 1 aromatic carbocycles. The zero-order valence-corrected chi connectivity index (χ0v) is 15.5. The third-order valence-electron chi connectivity index (χ3n) is 5.21. The first-order chi connectivity index (χ1) is 11.8. The quantitative estimate of drug-likeness (QED) is 0.358. The molecule has 0 aromatic heterocycles. The normalized spacial score (nSPS) is 21.8. The van der Waals surface area contributed by atoms with Crippen LogP contribution in [0, 0.1) is 5.92 Å². The Morgan fingerprint density at radius 2 is 1.58 bits per heavy atom. The average Bonchev–Trinajstić information content (AvgIpc) is 2.63. The number of hydrogen-bond donors (Lipinski definition) is 0. The Labute approximate surface area is 148 Å². The van der Waals surface area contributed by atoms with Crippen LogP contribution in [0.25, 0.3) is 0 Å². The van der Waals surface area contributed by atoms with Gasteiger partial charge < -0.3 is 4.74 Å². The molecular formula is C23H34O. The Morgan fingerprint density at radius 1 is 0.917 bits per heavy atom. The average molecular weight is 327 g/mol. The van der Waals surface area contributed by atoms with Gasteiger partial charge in [-0.05, 0) is 81.8 Å². The number of ether oxygens (including phenoxy) is 1. The molecule has 0 atom stereocenters. The van der Waals surface area contributed by atoms with Gasteiger partial charge in [0.05, 0.1) is 13.2 Å². The van der Waals surface area contributed by atoms with E-state index in [-0.39, 0.29) is 0 Å². The molecule has 0 saturated heterocycles. The summed E-state index contributed by atoms with van der Waals surface area (Å²) in [6.07, 6.45) is 17.9. The van der Waals surface area contributed by atoms with E-state index in [1.807, 2.05) is 0 Å². The fourth-order valence-electron chi connectivity index (χ4n) is 3.68. The van der Waals surface area contributed by atoms with Gasteiger partial charge >= 0.3 is 0 Å². The van der Waals surface area contributed by atoms with Crippen LogP contribution in [0.2, 0.25) is 0 Å². The molecule has 0 amide bonds. The van der Waals surface area contributed by atoms with Crippen LogP contribution in [0.5, 0.6) is 0 Å². The molecular weight excluding hydrogens is 292 g/mol. The summed E-state index contributed by atoms with van der Waals surface area (Å²) >= 11 is 0. The molecule has 1 nitrogen and oxygen atoms in total. The Kier molecular flexibility index (Phi) is 8.91. The predicted molar refractivity (Wildman–Crippen MR) is 104 cm³/mol. The number of hydrogen-bond acceptors (Lipinski definition) is 1. The minimum Gasteiger partial charge on any atom is -0.376 e. The molecule has 0 spiro atoms. The number of allylic oxidation sites excluding steroid dienone is 3. The molecule has 2 rings (SSSR count). The van der Waals surface area contributed by atoms with Crippen molar-refractivity contribution in [2.75, 3.05) is 6.61 Å². The van der Waals surface area contributed by atoms with E-state index in [4.69, 9.17) is 4.74 Å². The van der Waals surface area contributed by atoms with Gasteiger partial charge in [-0.3, -0.25) is 0 Å². The first kappa shape index (κ1) is 19.0. The Hall–Kier alpha value is -1.34. The van der Waals surface area contributed by atoms with Crippen LogP contribution in [0.1, 0.15) is 75.8 Å². The van der Waals surface area contributed by atoms with E-state index in [9.17, 15) is 0 Å². The van der Waals surface area contributed by atoms with Crippen molar-refractivity contribution in [1.29, 1.82) is 0 Å². The topological polar surface area (TPSA) is 9.23 Å². The molecule has 1 saturated carbocycles. The van der Waals surface area contributed by atoms with Crippen LogP contribution in [0.15, 0.2) is 48.6 Å². The van der Waals surface area contributed by atoms with Gasteiger partial charge in [-0.1, -0.05) is 48.6 Å². The summed E-state index contributed by atoms with van der Waals surface area (Å²) in [5.41, 5.74) is 2.82. The third kappa shape index (κ3) is 6.65. The summed E-state index contributed by atoms with van der Waals surface area (Å²) in [5, 5.41) is 0. The molecule has 0 unspecified atom stereocenters. The van der Waals surface area contributed by atoms with E-state index >= 15 is 0 Å². The van der Waals surface area contributed by atoms with Gasteiger partial charge in [0.2, 0.25) is 0 Å². The molecule has 1 aromatic rings. The maximum absolute atomic E-state index is 5.71. The highest BCUT2D eigenvalue weighted by Crippen LogP contribution is 2.37. The lowest BCUT2D eigenvalue weighted by Crippen LogP contribution is -2.13. The van der Waals surface area contributed by atoms with E-state index in [0.29, 0.717) is 0 Å². The van der Waals surface area contributed by atoms with Crippen LogP contribution < -0.4 is 0 Å². The fraction of sp³-hybridized carbons (Fsp3) is 0.565. The van der Waals surface area contributed by atoms with Crippen LogP contribution in [-0.2, 0) is 11.3 Å². The third-order valence-corrected chi connectivity index (χ3v) is 5.21.